The highest BCUT2D eigenvalue weighted by molar-refractivity contribution is 6.36. The molecule has 0 unspecified atom stereocenters. The molecule has 5 rings (SSSR count). The molecule has 4 aromatic rings. The van der Waals surface area contributed by atoms with Crippen LogP contribution in [0.15, 0.2) is 54.7 Å². The van der Waals surface area contributed by atoms with Gasteiger partial charge in [-0.15, -0.1) is 0 Å². The molecule has 1 aliphatic heterocycles. The van der Waals surface area contributed by atoms with Crippen molar-refractivity contribution >= 4 is 45.2 Å². The molecule has 2 aromatic carbocycles. The van der Waals surface area contributed by atoms with Crippen molar-refractivity contribution in [1.29, 1.82) is 0 Å². The van der Waals surface area contributed by atoms with Crippen LogP contribution in [0, 0.1) is 0 Å². The third-order valence-corrected chi connectivity index (χ3v) is 6.56. The van der Waals surface area contributed by atoms with Crippen LogP contribution >= 0.6 is 11.6 Å². The number of pyridine rings is 2. The van der Waals surface area contributed by atoms with E-state index in [0.717, 1.165) is 38.6 Å². The minimum absolute atomic E-state index is 0.282. The second-order valence-electron chi connectivity index (χ2n) is 9.87. The van der Waals surface area contributed by atoms with Crippen molar-refractivity contribution in [3.63, 3.8) is 0 Å². The van der Waals surface area contributed by atoms with Gasteiger partial charge >= 0.3 is 6.09 Å². The minimum Gasteiger partial charge on any atom is -0.481 e. The number of halogens is 1. The number of methoxy groups -OCH3 is 1. The Balaban J connectivity index is 1.49. The van der Waals surface area contributed by atoms with Crippen LogP contribution in [0.25, 0.3) is 32.9 Å². The Bertz CT molecular complexity index is 1440. The Kier molecular flexibility index (Phi) is 6.35. The average molecular weight is 505 g/mol. The molecule has 186 valence electrons. The molecule has 3 heterocycles. The van der Waals surface area contributed by atoms with Crippen molar-refractivity contribution in [3.05, 3.63) is 59.8 Å². The fraction of sp³-hybridized carbons (Fsp3) is 0.321. The first-order valence-electron chi connectivity index (χ1n) is 12.0. The predicted octanol–water partition coefficient (Wildman–Crippen LogP) is 6.17. The number of hydrogen-bond donors (Lipinski definition) is 0. The van der Waals surface area contributed by atoms with Gasteiger partial charge in [0.2, 0.25) is 5.88 Å². The van der Waals surface area contributed by atoms with Crippen molar-refractivity contribution in [2.75, 3.05) is 38.2 Å². The number of nitrogens with zero attached hydrogens (tertiary/aromatic N) is 4. The number of amides is 1. The third-order valence-electron chi connectivity index (χ3n) is 6.25. The molecule has 8 heteroatoms. The maximum absolute atomic E-state index is 12.5. The molecule has 36 heavy (non-hydrogen) atoms. The SMILES string of the molecule is COc1cc(N2CCN(C(=O)OC(C)(C)C)CC2)c2ncc(-c3cccc4cccc(Cl)c34)cc2n1. The molecule has 0 N–H and O–H groups in total. The first kappa shape index (κ1) is 24.1. The lowest BCUT2D eigenvalue weighted by molar-refractivity contribution is 0.0240. The van der Waals surface area contributed by atoms with Crippen LogP contribution in [0.4, 0.5) is 10.5 Å². The number of carbonyl (C=O) groups excluding carboxylic acids is 1. The quantitative estimate of drug-likeness (QED) is 0.332. The summed E-state index contributed by atoms with van der Waals surface area (Å²) in [5, 5.41) is 2.76. The summed E-state index contributed by atoms with van der Waals surface area (Å²) in [6, 6.07) is 16.0. The highest BCUT2D eigenvalue weighted by Gasteiger charge is 2.27. The number of ether oxygens (including phenoxy) is 2. The highest BCUT2D eigenvalue weighted by atomic mass is 35.5. The van der Waals surface area contributed by atoms with Gasteiger partial charge in [-0.1, -0.05) is 41.9 Å². The number of fused-ring (bicyclic) bond motifs is 2. The molecule has 0 bridgehead atoms. The van der Waals surface area contributed by atoms with Crippen LogP contribution < -0.4 is 9.64 Å². The summed E-state index contributed by atoms with van der Waals surface area (Å²) in [7, 11) is 1.61. The fourth-order valence-corrected chi connectivity index (χ4v) is 4.84. The summed E-state index contributed by atoms with van der Waals surface area (Å²) in [4.78, 5) is 26.0. The van der Waals surface area contributed by atoms with E-state index in [1.165, 1.54) is 0 Å². The van der Waals surface area contributed by atoms with Gasteiger partial charge in [0, 0.05) is 54.4 Å². The van der Waals surface area contributed by atoms with Gasteiger partial charge in [-0.3, -0.25) is 4.98 Å². The van der Waals surface area contributed by atoms with E-state index in [0.29, 0.717) is 37.1 Å². The summed E-state index contributed by atoms with van der Waals surface area (Å²) in [5.41, 5.74) is 3.88. The molecule has 7 nitrogen and oxygen atoms in total. The summed E-state index contributed by atoms with van der Waals surface area (Å²) >= 11 is 6.57. The number of carbonyl (C=O) groups is 1. The van der Waals surface area contributed by atoms with Crippen LogP contribution in [0.5, 0.6) is 5.88 Å². The summed E-state index contributed by atoms with van der Waals surface area (Å²) < 4.78 is 11.1. The van der Waals surface area contributed by atoms with Gasteiger partial charge in [-0.05, 0) is 43.9 Å². The Morgan fingerprint density at radius 1 is 1.03 bits per heavy atom. The second-order valence-corrected chi connectivity index (χ2v) is 10.3. The van der Waals surface area contributed by atoms with Gasteiger partial charge in [-0.2, -0.15) is 0 Å². The Hall–Kier alpha value is -3.58. The predicted molar refractivity (Wildman–Crippen MR) is 144 cm³/mol. The first-order valence-corrected chi connectivity index (χ1v) is 12.4. The second kappa shape index (κ2) is 9.47. The van der Waals surface area contributed by atoms with E-state index in [9.17, 15) is 4.79 Å². The lowest BCUT2D eigenvalue weighted by atomic mass is 9.99. The maximum Gasteiger partial charge on any atom is 0.410 e. The number of piperazine rings is 1. The summed E-state index contributed by atoms with van der Waals surface area (Å²) in [6.07, 6.45) is 1.59. The number of rotatable bonds is 3. The van der Waals surface area contributed by atoms with Crippen LogP contribution in [0.1, 0.15) is 20.8 Å². The molecule has 0 atom stereocenters. The zero-order valence-electron chi connectivity index (χ0n) is 20.9. The van der Waals surface area contributed by atoms with Gasteiger partial charge in [0.05, 0.1) is 18.3 Å². The van der Waals surface area contributed by atoms with Gasteiger partial charge in [0.15, 0.2) is 0 Å². The van der Waals surface area contributed by atoms with Crippen LogP contribution in [-0.2, 0) is 4.74 Å². The third kappa shape index (κ3) is 4.75. The molecular formula is C28H29ClN4O3. The molecule has 2 aromatic heterocycles. The van der Waals surface area contributed by atoms with Gasteiger partial charge in [0.1, 0.15) is 11.1 Å². The smallest absolute Gasteiger partial charge is 0.410 e. The molecule has 0 aliphatic carbocycles. The highest BCUT2D eigenvalue weighted by Crippen LogP contribution is 2.36. The first-order chi connectivity index (χ1) is 17.2. The van der Waals surface area contributed by atoms with E-state index in [4.69, 9.17) is 31.0 Å². The van der Waals surface area contributed by atoms with Crippen LogP contribution in [-0.4, -0.2) is 59.9 Å². The van der Waals surface area contributed by atoms with Crippen molar-refractivity contribution in [1.82, 2.24) is 14.9 Å². The van der Waals surface area contributed by atoms with E-state index in [1.807, 2.05) is 63.4 Å². The molecule has 1 amide bonds. The van der Waals surface area contributed by atoms with E-state index >= 15 is 0 Å². The van der Waals surface area contributed by atoms with Gasteiger partial charge < -0.3 is 19.3 Å². The number of aromatic nitrogens is 2. The van der Waals surface area contributed by atoms with E-state index in [-0.39, 0.29) is 6.09 Å². The molecule has 0 radical (unpaired) electrons. The van der Waals surface area contributed by atoms with Crippen molar-refractivity contribution in [3.8, 4) is 17.0 Å². The zero-order chi connectivity index (χ0) is 25.4. The summed E-state index contributed by atoms with van der Waals surface area (Å²) in [5.74, 6) is 0.516. The maximum atomic E-state index is 12.5. The molecule has 1 aliphatic rings. The Labute approximate surface area is 215 Å². The Morgan fingerprint density at radius 3 is 2.44 bits per heavy atom. The van der Waals surface area contributed by atoms with Gasteiger partial charge in [0.25, 0.3) is 0 Å². The minimum atomic E-state index is -0.515. The molecule has 1 saturated heterocycles. The van der Waals surface area contributed by atoms with Crippen molar-refractivity contribution in [2.24, 2.45) is 0 Å². The molecule has 1 fully saturated rings. The van der Waals surface area contributed by atoms with Crippen LogP contribution in [0.2, 0.25) is 5.02 Å². The van der Waals surface area contributed by atoms with Crippen LogP contribution in [0.3, 0.4) is 0 Å². The molecule has 0 spiro atoms. The Morgan fingerprint density at radius 2 is 1.75 bits per heavy atom. The summed E-state index contributed by atoms with van der Waals surface area (Å²) in [6.45, 7) is 8.07. The lowest BCUT2D eigenvalue weighted by Crippen LogP contribution is -2.50. The molecule has 0 saturated carbocycles. The number of benzene rings is 2. The normalized spacial score (nSPS) is 14.4. The monoisotopic (exact) mass is 504 g/mol. The standard InChI is InChI=1S/C28H29ClN4O3/c1-28(2,3)36-27(34)33-13-11-32(12-14-33)23-16-24(35-4)31-22-15-19(17-30-26(22)23)20-9-5-7-18-8-6-10-21(29)25(18)20/h5-10,15-17H,11-14H2,1-4H3. The number of hydrogen-bond acceptors (Lipinski definition) is 6. The van der Waals surface area contributed by atoms with E-state index in [2.05, 4.69) is 17.0 Å². The van der Waals surface area contributed by atoms with E-state index < -0.39 is 5.60 Å². The lowest BCUT2D eigenvalue weighted by Gasteiger charge is -2.37. The topological polar surface area (TPSA) is 67.8 Å². The average Bonchev–Trinajstić information content (AvgIpc) is 2.86. The fourth-order valence-electron chi connectivity index (χ4n) is 4.56. The largest absolute Gasteiger partial charge is 0.481 e. The number of anilines is 1. The van der Waals surface area contributed by atoms with Crippen molar-refractivity contribution in [2.45, 2.75) is 26.4 Å². The van der Waals surface area contributed by atoms with Crippen molar-refractivity contribution < 1.29 is 14.3 Å². The van der Waals surface area contributed by atoms with Gasteiger partial charge in [-0.25, -0.2) is 9.78 Å². The van der Waals surface area contributed by atoms with E-state index in [1.54, 1.807) is 12.0 Å². The molecular weight excluding hydrogens is 476 g/mol. The zero-order valence-corrected chi connectivity index (χ0v) is 21.7.